The molecule has 2 unspecified atom stereocenters. The Bertz CT molecular complexity index is 853. The van der Waals surface area contributed by atoms with Crippen molar-refractivity contribution in [2.75, 3.05) is 14.2 Å². The largest absolute Gasteiger partial charge is 0.465 e. The molecule has 31 heavy (non-hydrogen) atoms. The van der Waals surface area contributed by atoms with Crippen LogP contribution in [0.2, 0.25) is 0 Å². The predicted octanol–water partition coefficient (Wildman–Crippen LogP) is 2.33. The zero-order valence-corrected chi connectivity index (χ0v) is 18.5. The average Bonchev–Trinajstić information content (AvgIpc) is 2.72. The summed E-state index contributed by atoms with van der Waals surface area (Å²) in [6, 6.07) is 14.2. The Morgan fingerprint density at radius 1 is 0.742 bits per heavy atom. The summed E-state index contributed by atoms with van der Waals surface area (Å²) in [5.41, 5.74) is 14.4. The number of carbonyl (C=O) groups is 2. The first kappa shape index (κ1) is 28.2. The molecule has 2 rings (SSSR count). The van der Waals surface area contributed by atoms with Gasteiger partial charge in [0.05, 0.1) is 25.3 Å². The summed E-state index contributed by atoms with van der Waals surface area (Å²) < 4.78 is 40.7. The van der Waals surface area contributed by atoms with Crippen LogP contribution in [0.1, 0.15) is 57.8 Å². The standard InChI is InChI=1S/2C10H13NO2.H2O4S/c2*1-7(11)8-3-5-9(6-4-8)10(12)13-2;1-5(2,3)4/h2*3-7H,11H2,1-2H3;(H2,1,2,3,4). The zero-order chi connectivity index (χ0) is 24.2. The highest BCUT2D eigenvalue weighted by molar-refractivity contribution is 7.79. The highest BCUT2D eigenvalue weighted by atomic mass is 32.3. The van der Waals surface area contributed by atoms with Crippen molar-refractivity contribution in [2.45, 2.75) is 25.9 Å². The molecular weight excluding hydrogens is 428 g/mol. The molecule has 0 heterocycles. The summed E-state index contributed by atoms with van der Waals surface area (Å²) in [4.78, 5) is 22.1. The molecule has 0 aliphatic heterocycles. The molecule has 6 N–H and O–H groups in total. The molecule has 11 heteroatoms. The summed E-state index contributed by atoms with van der Waals surface area (Å²) in [5.74, 6) is -0.646. The molecule has 2 aromatic rings. The third-order valence-corrected chi connectivity index (χ3v) is 3.72. The van der Waals surface area contributed by atoms with Gasteiger partial charge in [-0.25, -0.2) is 9.59 Å². The highest BCUT2D eigenvalue weighted by Gasteiger charge is 2.06. The van der Waals surface area contributed by atoms with Crippen molar-refractivity contribution in [3.05, 3.63) is 70.8 Å². The smallest absolute Gasteiger partial charge is 0.394 e. The van der Waals surface area contributed by atoms with Gasteiger partial charge in [0.25, 0.3) is 0 Å². The molecule has 2 aromatic carbocycles. The first-order valence-corrected chi connectivity index (χ1v) is 10.3. The van der Waals surface area contributed by atoms with Crippen LogP contribution in [-0.2, 0) is 19.9 Å². The van der Waals surface area contributed by atoms with Gasteiger partial charge in [0.15, 0.2) is 0 Å². The van der Waals surface area contributed by atoms with E-state index in [2.05, 4.69) is 9.47 Å². The van der Waals surface area contributed by atoms with Gasteiger partial charge in [0.1, 0.15) is 0 Å². The first-order chi connectivity index (χ1) is 14.3. The van der Waals surface area contributed by atoms with E-state index in [0.717, 1.165) is 11.1 Å². The van der Waals surface area contributed by atoms with Crippen LogP contribution in [0.15, 0.2) is 48.5 Å². The molecule has 2 atom stereocenters. The quantitative estimate of drug-likeness (QED) is 0.394. The van der Waals surface area contributed by atoms with Crippen molar-refractivity contribution >= 4 is 22.3 Å². The van der Waals surface area contributed by atoms with Crippen LogP contribution in [0.4, 0.5) is 0 Å². The lowest BCUT2D eigenvalue weighted by Crippen LogP contribution is -2.06. The lowest BCUT2D eigenvalue weighted by Gasteiger charge is -2.05. The fourth-order valence-electron chi connectivity index (χ4n) is 2.08. The molecule has 10 nitrogen and oxygen atoms in total. The minimum absolute atomic E-state index is 0.00769. The number of hydrogen-bond acceptors (Lipinski definition) is 8. The van der Waals surface area contributed by atoms with Gasteiger partial charge in [0, 0.05) is 12.1 Å². The van der Waals surface area contributed by atoms with Gasteiger partial charge < -0.3 is 20.9 Å². The Labute approximate surface area is 181 Å². The number of ether oxygens (including phenoxy) is 2. The molecule has 0 saturated carbocycles. The molecule has 0 bridgehead atoms. The second-order valence-corrected chi connectivity index (χ2v) is 7.15. The normalized spacial score (nSPS) is 12.1. The van der Waals surface area contributed by atoms with Crippen molar-refractivity contribution in [1.82, 2.24) is 0 Å². The van der Waals surface area contributed by atoms with Crippen LogP contribution < -0.4 is 11.5 Å². The lowest BCUT2D eigenvalue weighted by molar-refractivity contribution is 0.0592. The van der Waals surface area contributed by atoms with E-state index in [1.54, 1.807) is 24.3 Å². The van der Waals surface area contributed by atoms with Crippen LogP contribution >= 0.6 is 0 Å². The third-order valence-electron chi connectivity index (χ3n) is 3.72. The molecule has 172 valence electrons. The van der Waals surface area contributed by atoms with Crippen molar-refractivity contribution < 1.29 is 36.6 Å². The van der Waals surface area contributed by atoms with E-state index in [9.17, 15) is 9.59 Å². The lowest BCUT2D eigenvalue weighted by atomic mass is 10.1. The van der Waals surface area contributed by atoms with E-state index in [0.29, 0.717) is 11.1 Å². The molecular formula is C20H28N2O8S. The Kier molecular flexibility index (Phi) is 12.2. The highest BCUT2D eigenvalue weighted by Crippen LogP contribution is 2.12. The van der Waals surface area contributed by atoms with Gasteiger partial charge in [-0.15, -0.1) is 0 Å². The Morgan fingerprint density at radius 3 is 1.13 bits per heavy atom. The Hall–Kier alpha value is -2.83. The fourth-order valence-corrected chi connectivity index (χ4v) is 2.08. The van der Waals surface area contributed by atoms with E-state index < -0.39 is 10.4 Å². The maximum absolute atomic E-state index is 11.0. The molecule has 0 saturated heterocycles. The van der Waals surface area contributed by atoms with Crippen LogP contribution in [-0.4, -0.2) is 43.7 Å². The van der Waals surface area contributed by atoms with E-state index in [1.807, 2.05) is 38.1 Å². The topological polar surface area (TPSA) is 179 Å². The number of nitrogens with two attached hydrogens (primary N) is 2. The summed E-state index contributed by atoms with van der Waals surface area (Å²) in [6.07, 6.45) is 0. The van der Waals surface area contributed by atoms with Gasteiger partial charge in [-0.1, -0.05) is 24.3 Å². The number of rotatable bonds is 4. The molecule has 0 aliphatic rings. The summed E-state index contributed by atoms with van der Waals surface area (Å²) >= 11 is 0. The number of carbonyl (C=O) groups excluding carboxylic acids is 2. The van der Waals surface area contributed by atoms with E-state index in [1.165, 1.54) is 14.2 Å². The van der Waals surface area contributed by atoms with Gasteiger partial charge in [-0.2, -0.15) is 8.42 Å². The van der Waals surface area contributed by atoms with Gasteiger partial charge in [-0.3, -0.25) is 9.11 Å². The molecule has 0 radical (unpaired) electrons. The van der Waals surface area contributed by atoms with Crippen molar-refractivity contribution in [3.8, 4) is 0 Å². The molecule has 0 amide bonds. The monoisotopic (exact) mass is 456 g/mol. The van der Waals surface area contributed by atoms with Crippen LogP contribution in [0.25, 0.3) is 0 Å². The SMILES string of the molecule is COC(=O)c1ccc(C(C)N)cc1.COC(=O)c1ccc(C(C)N)cc1.O=S(=O)(O)O. The minimum atomic E-state index is -4.67. The third kappa shape index (κ3) is 12.5. The van der Waals surface area contributed by atoms with Gasteiger partial charge in [0.2, 0.25) is 0 Å². The fraction of sp³-hybridized carbons (Fsp3) is 0.300. The number of methoxy groups -OCH3 is 2. The minimum Gasteiger partial charge on any atom is -0.465 e. The molecule has 0 aromatic heterocycles. The second kappa shape index (κ2) is 13.5. The summed E-state index contributed by atoms with van der Waals surface area (Å²) in [6.45, 7) is 3.79. The molecule has 0 aliphatic carbocycles. The maximum Gasteiger partial charge on any atom is 0.394 e. The van der Waals surface area contributed by atoms with Gasteiger partial charge >= 0.3 is 22.3 Å². The van der Waals surface area contributed by atoms with Gasteiger partial charge in [-0.05, 0) is 49.2 Å². The van der Waals surface area contributed by atoms with E-state index >= 15 is 0 Å². The zero-order valence-electron chi connectivity index (χ0n) is 17.7. The van der Waals surface area contributed by atoms with Crippen molar-refractivity contribution in [1.29, 1.82) is 0 Å². The second-order valence-electron chi connectivity index (χ2n) is 6.25. The number of benzene rings is 2. The van der Waals surface area contributed by atoms with Crippen molar-refractivity contribution in [2.24, 2.45) is 11.5 Å². The number of hydrogen-bond donors (Lipinski definition) is 4. The maximum atomic E-state index is 11.0. The summed E-state index contributed by atoms with van der Waals surface area (Å²) in [5, 5.41) is 0. The molecule has 0 spiro atoms. The summed E-state index contributed by atoms with van der Waals surface area (Å²) in [7, 11) is -1.94. The number of esters is 2. The Balaban J connectivity index is 0.000000479. The van der Waals surface area contributed by atoms with E-state index in [-0.39, 0.29) is 24.0 Å². The predicted molar refractivity (Wildman–Crippen MR) is 115 cm³/mol. The van der Waals surface area contributed by atoms with Crippen LogP contribution in [0, 0.1) is 0 Å². The average molecular weight is 457 g/mol. The first-order valence-electron chi connectivity index (χ1n) is 8.87. The van der Waals surface area contributed by atoms with Crippen LogP contribution in [0.5, 0.6) is 0 Å². The Morgan fingerprint density at radius 2 is 0.968 bits per heavy atom. The van der Waals surface area contributed by atoms with Crippen molar-refractivity contribution in [3.63, 3.8) is 0 Å². The molecule has 0 fully saturated rings. The van der Waals surface area contributed by atoms with Crippen LogP contribution in [0.3, 0.4) is 0 Å². The van der Waals surface area contributed by atoms with E-state index in [4.69, 9.17) is 29.0 Å².